The molecule has 98 valence electrons. The number of nitrogens with zero attached hydrogens (tertiary/aromatic N) is 3. The molecule has 0 spiro atoms. The van der Waals surface area contributed by atoms with E-state index in [4.69, 9.17) is 5.73 Å². The van der Waals surface area contributed by atoms with Crippen molar-refractivity contribution in [3.63, 3.8) is 0 Å². The van der Waals surface area contributed by atoms with Crippen LogP contribution in [0.1, 0.15) is 11.4 Å². The maximum Gasteiger partial charge on any atom is 0.0931 e. The SMILES string of the molecule is Cc1nn(C)c(CCN)c1-c1ccc2nc[nH]c2c1. The first-order chi connectivity index (χ1) is 9.20. The van der Waals surface area contributed by atoms with E-state index in [-0.39, 0.29) is 0 Å². The summed E-state index contributed by atoms with van der Waals surface area (Å²) in [6, 6.07) is 6.24. The van der Waals surface area contributed by atoms with Gasteiger partial charge in [-0.1, -0.05) is 6.07 Å². The first kappa shape index (κ1) is 11.9. The molecule has 0 aliphatic rings. The van der Waals surface area contributed by atoms with Gasteiger partial charge >= 0.3 is 0 Å². The molecule has 2 heterocycles. The van der Waals surface area contributed by atoms with Gasteiger partial charge in [0.05, 0.1) is 23.1 Å². The van der Waals surface area contributed by atoms with E-state index in [1.165, 1.54) is 11.3 Å². The number of fused-ring (bicyclic) bond motifs is 1. The highest BCUT2D eigenvalue weighted by Crippen LogP contribution is 2.29. The van der Waals surface area contributed by atoms with E-state index < -0.39 is 0 Å². The number of H-pyrrole nitrogens is 1. The smallest absolute Gasteiger partial charge is 0.0931 e. The van der Waals surface area contributed by atoms with Gasteiger partial charge in [0.15, 0.2) is 0 Å². The maximum atomic E-state index is 5.70. The van der Waals surface area contributed by atoms with E-state index >= 15 is 0 Å². The standard InChI is InChI=1S/C14H17N5/c1-9-14(13(5-6-15)19(2)18-9)10-3-4-11-12(7-10)17-8-16-11/h3-4,7-8H,5-6,15H2,1-2H3,(H,16,17). The summed E-state index contributed by atoms with van der Waals surface area (Å²) >= 11 is 0. The fourth-order valence-electron chi connectivity index (χ4n) is 2.60. The zero-order valence-corrected chi connectivity index (χ0v) is 11.1. The summed E-state index contributed by atoms with van der Waals surface area (Å²) in [6.45, 7) is 2.66. The minimum absolute atomic E-state index is 0.623. The zero-order chi connectivity index (χ0) is 13.4. The number of aromatic amines is 1. The molecule has 0 atom stereocenters. The van der Waals surface area contributed by atoms with E-state index in [9.17, 15) is 0 Å². The van der Waals surface area contributed by atoms with E-state index in [0.717, 1.165) is 28.7 Å². The molecule has 3 N–H and O–H groups in total. The summed E-state index contributed by atoms with van der Waals surface area (Å²) in [4.78, 5) is 7.39. The van der Waals surface area contributed by atoms with Crippen LogP contribution in [0.15, 0.2) is 24.5 Å². The molecule has 0 saturated heterocycles. The third kappa shape index (κ3) is 1.92. The highest BCUT2D eigenvalue weighted by Gasteiger charge is 2.15. The monoisotopic (exact) mass is 255 g/mol. The molecule has 3 aromatic rings. The van der Waals surface area contributed by atoms with Crippen molar-refractivity contribution in [3.05, 3.63) is 35.9 Å². The lowest BCUT2D eigenvalue weighted by Gasteiger charge is -2.06. The highest BCUT2D eigenvalue weighted by molar-refractivity contribution is 5.82. The highest BCUT2D eigenvalue weighted by atomic mass is 15.3. The fraction of sp³-hybridized carbons (Fsp3) is 0.286. The van der Waals surface area contributed by atoms with Crippen LogP contribution in [0.2, 0.25) is 0 Å². The number of nitrogens with one attached hydrogen (secondary N) is 1. The van der Waals surface area contributed by atoms with Gasteiger partial charge in [-0.05, 0) is 31.2 Å². The van der Waals surface area contributed by atoms with Crippen molar-refractivity contribution in [3.8, 4) is 11.1 Å². The summed E-state index contributed by atoms with van der Waals surface area (Å²) < 4.78 is 1.93. The summed E-state index contributed by atoms with van der Waals surface area (Å²) in [5.41, 5.74) is 12.3. The average Bonchev–Trinajstić information content (AvgIpc) is 2.94. The van der Waals surface area contributed by atoms with E-state index in [0.29, 0.717) is 6.54 Å². The van der Waals surface area contributed by atoms with Crippen LogP contribution >= 0.6 is 0 Å². The molecule has 0 aliphatic heterocycles. The summed E-state index contributed by atoms with van der Waals surface area (Å²) in [7, 11) is 1.97. The molecule has 5 nitrogen and oxygen atoms in total. The van der Waals surface area contributed by atoms with Crippen molar-refractivity contribution in [2.75, 3.05) is 6.54 Å². The molecule has 19 heavy (non-hydrogen) atoms. The Kier molecular flexibility index (Phi) is 2.83. The number of aryl methyl sites for hydroxylation is 2. The quantitative estimate of drug-likeness (QED) is 0.749. The van der Waals surface area contributed by atoms with Gasteiger partial charge in [0.2, 0.25) is 0 Å². The number of benzene rings is 1. The van der Waals surface area contributed by atoms with Gasteiger partial charge in [-0.25, -0.2) is 4.98 Å². The third-order valence-electron chi connectivity index (χ3n) is 3.43. The van der Waals surface area contributed by atoms with Gasteiger partial charge < -0.3 is 10.7 Å². The second kappa shape index (κ2) is 4.51. The molecule has 0 unspecified atom stereocenters. The van der Waals surface area contributed by atoms with Crippen molar-refractivity contribution in [1.82, 2.24) is 19.7 Å². The number of rotatable bonds is 3. The molecular formula is C14H17N5. The molecule has 2 aromatic heterocycles. The molecule has 3 rings (SSSR count). The summed E-state index contributed by atoms with van der Waals surface area (Å²) in [5, 5.41) is 4.51. The second-order valence-corrected chi connectivity index (χ2v) is 4.70. The Morgan fingerprint density at radius 2 is 2.21 bits per heavy atom. The van der Waals surface area contributed by atoms with E-state index in [1.807, 2.05) is 24.7 Å². The molecule has 1 aromatic carbocycles. The van der Waals surface area contributed by atoms with Crippen molar-refractivity contribution in [2.45, 2.75) is 13.3 Å². The number of hydrogen-bond acceptors (Lipinski definition) is 3. The predicted octanol–water partition coefficient (Wildman–Crippen LogP) is 1.77. The average molecular weight is 255 g/mol. The van der Waals surface area contributed by atoms with Gasteiger partial charge in [0.1, 0.15) is 0 Å². The number of nitrogens with two attached hydrogens (primary N) is 1. The van der Waals surface area contributed by atoms with Gasteiger partial charge in [-0.2, -0.15) is 5.10 Å². The molecule has 0 bridgehead atoms. The summed E-state index contributed by atoms with van der Waals surface area (Å²) in [5.74, 6) is 0. The third-order valence-corrected chi connectivity index (χ3v) is 3.43. The second-order valence-electron chi connectivity index (χ2n) is 4.70. The minimum atomic E-state index is 0.623. The molecule has 5 heteroatoms. The molecular weight excluding hydrogens is 238 g/mol. The molecule has 0 fully saturated rings. The Bertz CT molecular complexity index is 723. The minimum Gasteiger partial charge on any atom is -0.345 e. The normalized spacial score (nSPS) is 11.3. The van der Waals surface area contributed by atoms with E-state index in [2.05, 4.69) is 27.2 Å². The van der Waals surface area contributed by atoms with Crippen LogP contribution in [-0.4, -0.2) is 26.3 Å². The van der Waals surface area contributed by atoms with Gasteiger partial charge in [0, 0.05) is 24.7 Å². The van der Waals surface area contributed by atoms with Crippen molar-refractivity contribution >= 4 is 11.0 Å². The predicted molar refractivity (Wildman–Crippen MR) is 75.8 cm³/mol. The summed E-state index contributed by atoms with van der Waals surface area (Å²) in [6.07, 6.45) is 2.54. The van der Waals surface area contributed by atoms with Crippen molar-refractivity contribution in [1.29, 1.82) is 0 Å². The van der Waals surface area contributed by atoms with Gasteiger partial charge in [-0.3, -0.25) is 4.68 Å². The topological polar surface area (TPSA) is 72.5 Å². The Labute approximate surface area is 111 Å². The zero-order valence-electron chi connectivity index (χ0n) is 11.1. The Morgan fingerprint density at radius 3 is 3.00 bits per heavy atom. The lowest BCUT2D eigenvalue weighted by molar-refractivity contribution is 0.701. The Hall–Kier alpha value is -2.14. The first-order valence-electron chi connectivity index (χ1n) is 6.36. The first-order valence-corrected chi connectivity index (χ1v) is 6.36. The number of hydrogen-bond donors (Lipinski definition) is 2. The van der Waals surface area contributed by atoms with Crippen LogP contribution in [0, 0.1) is 6.92 Å². The number of imidazole rings is 1. The molecule has 0 radical (unpaired) electrons. The van der Waals surface area contributed by atoms with Crippen molar-refractivity contribution < 1.29 is 0 Å². The Balaban J connectivity index is 2.19. The maximum absolute atomic E-state index is 5.70. The Morgan fingerprint density at radius 1 is 1.37 bits per heavy atom. The van der Waals surface area contributed by atoms with Gasteiger partial charge in [0.25, 0.3) is 0 Å². The largest absolute Gasteiger partial charge is 0.345 e. The van der Waals surface area contributed by atoms with Crippen LogP contribution < -0.4 is 5.73 Å². The number of aromatic nitrogens is 4. The molecule has 0 aliphatic carbocycles. The van der Waals surface area contributed by atoms with Crippen LogP contribution in [-0.2, 0) is 13.5 Å². The fourth-order valence-corrected chi connectivity index (χ4v) is 2.60. The van der Waals surface area contributed by atoms with Crippen LogP contribution in [0.3, 0.4) is 0 Å². The van der Waals surface area contributed by atoms with Crippen molar-refractivity contribution in [2.24, 2.45) is 12.8 Å². The lowest BCUT2D eigenvalue weighted by atomic mass is 10.0. The lowest BCUT2D eigenvalue weighted by Crippen LogP contribution is -2.08. The van der Waals surface area contributed by atoms with Crippen LogP contribution in [0.25, 0.3) is 22.2 Å². The van der Waals surface area contributed by atoms with Crippen LogP contribution in [0.4, 0.5) is 0 Å². The van der Waals surface area contributed by atoms with E-state index in [1.54, 1.807) is 6.33 Å². The van der Waals surface area contributed by atoms with Crippen LogP contribution in [0.5, 0.6) is 0 Å². The van der Waals surface area contributed by atoms with Gasteiger partial charge in [-0.15, -0.1) is 0 Å². The molecule has 0 amide bonds. The molecule has 0 saturated carbocycles.